The van der Waals surface area contributed by atoms with Gasteiger partial charge in [0.15, 0.2) is 0 Å². The molecule has 0 bridgehead atoms. The number of nitrogens with two attached hydrogens (primary N) is 1. The lowest BCUT2D eigenvalue weighted by Gasteiger charge is -2.34. The highest BCUT2D eigenvalue weighted by molar-refractivity contribution is 6.30. The number of carbonyl (C=O) groups is 1. The summed E-state index contributed by atoms with van der Waals surface area (Å²) < 4.78 is 5.83. The molecule has 0 radical (unpaired) electrons. The van der Waals surface area contributed by atoms with E-state index in [9.17, 15) is 4.79 Å². The van der Waals surface area contributed by atoms with Gasteiger partial charge in [-0.2, -0.15) is 0 Å². The van der Waals surface area contributed by atoms with Crippen molar-refractivity contribution in [2.24, 2.45) is 5.73 Å². The van der Waals surface area contributed by atoms with Crippen molar-refractivity contribution in [3.8, 4) is 5.88 Å². The van der Waals surface area contributed by atoms with Crippen LogP contribution in [-0.2, 0) is 4.79 Å². The minimum absolute atomic E-state index is 0. The number of amides is 1. The molecular formula is C15H23Cl2N3O2. The number of aromatic nitrogens is 1. The number of ether oxygens (including phenoxy) is 1. The van der Waals surface area contributed by atoms with Gasteiger partial charge in [0.25, 0.3) is 0 Å². The first-order valence-electron chi connectivity index (χ1n) is 7.42. The van der Waals surface area contributed by atoms with Gasteiger partial charge in [0.2, 0.25) is 11.8 Å². The quantitative estimate of drug-likeness (QED) is 0.888. The highest BCUT2D eigenvalue weighted by Crippen LogP contribution is 2.19. The van der Waals surface area contributed by atoms with Crippen molar-refractivity contribution < 1.29 is 9.53 Å². The smallest absolute Gasteiger partial charge is 0.239 e. The highest BCUT2D eigenvalue weighted by Gasteiger charge is 2.27. The van der Waals surface area contributed by atoms with Crippen molar-refractivity contribution in [3.05, 3.63) is 23.4 Å². The predicted molar refractivity (Wildman–Crippen MR) is 89.6 cm³/mol. The van der Waals surface area contributed by atoms with Gasteiger partial charge in [-0.1, -0.05) is 24.9 Å². The molecule has 0 saturated carbocycles. The second-order valence-electron chi connectivity index (χ2n) is 5.38. The van der Waals surface area contributed by atoms with Crippen LogP contribution < -0.4 is 10.5 Å². The summed E-state index contributed by atoms with van der Waals surface area (Å²) in [4.78, 5) is 18.2. The molecule has 2 unspecified atom stereocenters. The number of nitrogens with zero attached hydrogens (tertiary/aromatic N) is 2. The van der Waals surface area contributed by atoms with Crippen molar-refractivity contribution in [1.82, 2.24) is 9.88 Å². The van der Waals surface area contributed by atoms with E-state index in [1.807, 2.05) is 11.8 Å². The molecule has 1 saturated heterocycles. The summed E-state index contributed by atoms with van der Waals surface area (Å²) in [6.07, 6.45) is 4.99. The molecule has 1 aliphatic heterocycles. The molecular weight excluding hydrogens is 325 g/mol. The Bertz CT molecular complexity index is 470. The number of carbonyl (C=O) groups excluding carboxylic acids is 1. The first-order chi connectivity index (χ1) is 10.1. The summed E-state index contributed by atoms with van der Waals surface area (Å²) in [6, 6.07) is 3.08. The zero-order chi connectivity index (χ0) is 15.2. The Morgan fingerprint density at radius 1 is 1.59 bits per heavy atom. The van der Waals surface area contributed by atoms with Gasteiger partial charge in [0, 0.05) is 18.8 Å². The molecule has 1 aromatic heterocycles. The maximum absolute atomic E-state index is 12.2. The van der Waals surface area contributed by atoms with E-state index in [1.165, 1.54) is 0 Å². The van der Waals surface area contributed by atoms with Crippen LogP contribution in [0.3, 0.4) is 0 Å². The molecule has 124 valence electrons. The summed E-state index contributed by atoms with van der Waals surface area (Å²) in [5, 5.41) is 0.577. The van der Waals surface area contributed by atoms with E-state index in [2.05, 4.69) is 4.98 Å². The van der Waals surface area contributed by atoms with E-state index in [0.29, 0.717) is 17.4 Å². The molecule has 22 heavy (non-hydrogen) atoms. The van der Waals surface area contributed by atoms with Crippen LogP contribution >= 0.6 is 24.0 Å². The first-order valence-corrected chi connectivity index (χ1v) is 7.80. The molecule has 2 rings (SSSR count). The predicted octanol–water partition coefficient (Wildman–Crippen LogP) is 2.65. The normalized spacial score (nSPS) is 19.2. The lowest BCUT2D eigenvalue weighted by molar-refractivity contribution is -0.135. The Morgan fingerprint density at radius 2 is 2.36 bits per heavy atom. The van der Waals surface area contributed by atoms with Gasteiger partial charge in [0.1, 0.15) is 6.10 Å². The van der Waals surface area contributed by atoms with Gasteiger partial charge in [-0.25, -0.2) is 4.98 Å². The summed E-state index contributed by atoms with van der Waals surface area (Å²) in [7, 11) is 0. The van der Waals surface area contributed by atoms with Crippen LogP contribution in [0.25, 0.3) is 0 Å². The van der Waals surface area contributed by atoms with E-state index < -0.39 is 6.04 Å². The number of likely N-dealkylation sites (tertiary alicyclic amines) is 1. The number of piperidine rings is 1. The standard InChI is InChI=1S/C15H22ClN3O2.ClH/c1-2-4-13(17)15(20)19-8-3-5-12(10-19)21-14-7-6-11(16)9-18-14;/h6-7,9,12-13H,2-5,8,10,17H2,1H3;1H. The Balaban J connectivity index is 0.00000242. The van der Waals surface area contributed by atoms with Gasteiger partial charge < -0.3 is 15.4 Å². The molecule has 0 aromatic carbocycles. The zero-order valence-electron chi connectivity index (χ0n) is 12.7. The molecule has 7 heteroatoms. The fraction of sp³-hybridized carbons (Fsp3) is 0.600. The average molecular weight is 348 g/mol. The SMILES string of the molecule is CCCC(N)C(=O)N1CCCC(Oc2ccc(Cl)cn2)C1.Cl. The molecule has 1 aliphatic rings. The Kier molecular flexibility index (Phi) is 7.93. The van der Waals surface area contributed by atoms with Crippen molar-refractivity contribution in [3.63, 3.8) is 0 Å². The number of halogens is 2. The molecule has 2 N–H and O–H groups in total. The fourth-order valence-electron chi connectivity index (χ4n) is 2.51. The van der Waals surface area contributed by atoms with E-state index in [-0.39, 0.29) is 24.4 Å². The maximum atomic E-state index is 12.2. The second-order valence-corrected chi connectivity index (χ2v) is 5.81. The molecule has 2 atom stereocenters. The van der Waals surface area contributed by atoms with Crippen molar-refractivity contribution in [1.29, 1.82) is 0 Å². The van der Waals surface area contributed by atoms with Crippen molar-refractivity contribution in [2.45, 2.75) is 44.8 Å². The zero-order valence-corrected chi connectivity index (χ0v) is 14.3. The van der Waals surface area contributed by atoms with Gasteiger partial charge in [-0.05, 0) is 25.3 Å². The minimum atomic E-state index is -0.401. The van der Waals surface area contributed by atoms with E-state index in [0.717, 1.165) is 32.2 Å². The summed E-state index contributed by atoms with van der Waals surface area (Å²) in [6.45, 7) is 3.35. The lowest BCUT2D eigenvalue weighted by Crippen LogP contribution is -2.50. The summed E-state index contributed by atoms with van der Waals surface area (Å²) in [5.74, 6) is 0.561. The molecule has 1 amide bonds. The minimum Gasteiger partial charge on any atom is -0.472 e. The molecule has 1 fully saturated rings. The van der Waals surface area contributed by atoms with E-state index in [4.69, 9.17) is 22.1 Å². The molecule has 0 spiro atoms. The number of rotatable bonds is 5. The van der Waals surface area contributed by atoms with E-state index >= 15 is 0 Å². The van der Waals surface area contributed by atoms with Gasteiger partial charge in [0.05, 0.1) is 17.6 Å². The molecule has 0 aliphatic carbocycles. The van der Waals surface area contributed by atoms with Crippen LogP contribution in [0.15, 0.2) is 18.3 Å². The number of pyridine rings is 1. The molecule has 1 aromatic rings. The average Bonchev–Trinajstić information content (AvgIpc) is 2.49. The monoisotopic (exact) mass is 347 g/mol. The third kappa shape index (κ3) is 5.30. The van der Waals surface area contributed by atoms with Crippen LogP contribution in [-0.4, -0.2) is 41.0 Å². The number of hydrogen-bond acceptors (Lipinski definition) is 4. The number of hydrogen-bond donors (Lipinski definition) is 1. The lowest BCUT2D eigenvalue weighted by atomic mass is 10.1. The van der Waals surface area contributed by atoms with Crippen LogP contribution in [0, 0.1) is 0 Å². The Morgan fingerprint density at radius 3 is 3.00 bits per heavy atom. The van der Waals surface area contributed by atoms with Crippen LogP contribution in [0.4, 0.5) is 0 Å². The Labute approximate surface area is 142 Å². The van der Waals surface area contributed by atoms with Crippen LogP contribution in [0.2, 0.25) is 5.02 Å². The first kappa shape index (κ1) is 19.0. The van der Waals surface area contributed by atoms with Crippen molar-refractivity contribution >= 4 is 29.9 Å². The second kappa shape index (κ2) is 9.18. The Hall–Kier alpha value is -1.04. The van der Waals surface area contributed by atoms with Gasteiger partial charge in [-0.3, -0.25) is 4.79 Å². The molecule has 2 heterocycles. The van der Waals surface area contributed by atoms with Gasteiger partial charge in [-0.15, -0.1) is 12.4 Å². The summed E-state index contributed by atoms with van der Waals surface area (Å²) in [5.41, 5.74) is 5.91. The largest absolute Gasteiger partial charge is 0.472 e. The maximum Gasteiger partial charge on any atom is 0.239 e. The van der Waals surface area contributed by atoms with E-state index in [1.54, 1.807) is 18.3 Å². The van der Waals surface area contributed by atoms with Crippen LogP contribution in [0.5, 0.6) is 5.88 Å². The highest BCUT2D eigenvalue weighted by atomic mass is 35.5. The molecule has 5 nitrogen and oxygen atoms in total. The third-order valence-electron chi connectivity index (χ3n) is 3.59. The third-order valence-corrected chi connectivity index (χ3v) is 3.82. The summed E-state index contributed by atoms with van der Waals surface area (Å²) >= 11 is 5.80. The van der Waals surface area contributed by atoms with Gasteiger partial charge >= 0.3 is 0 Å². The topological polar surface area (TPSA) is 68.5 Å². The fourth-order valence-corrected chi connectivity index (χ4v) is 2.62. The van der Waals surface area contributed by atoms with Crippen LogP contribution in [0.1, 0.15) is 32.6 Å². The van der Waals surface area contributed by atoms with Crippen molar-refractivity contribution in [2.75, 3.05) is 13.1 Å².